The molecule has 0 amide bonds. The zero-order chi connectivity index (χ0) is 20.8. The van der Waals surface area contributed by atoms with Gasteiger partial charge in [0.1, 0.15) is 18.1 Å². The first-order valence-electron chi connectivity index (χ1n) is 7.72. The van der Waals surface area contributed by atoms with E-state index in [-0.39, 0.29) is 31.2 Å². The van der Waals surface area contributed by atoms with Gasteiger partial charge in [-0.05, 0) is 120 Å². The third-order valence-corrected chi connectivity index (χ3v) is 6.44. The van der Waals surface area contributed by atoms with E-state index in [4.69, 9.17) is 26.0 Å². The van der Waals surface area contributed by atoms with Gasteiger partial charge in [-0.1, -0.05) is 0 Å². The molecule has 5 N–H and O–H groups in total. The van der Waals surface area contributed by atoms with Crippen LogP contribution in [0.25, 0.3) is 0 Å². The van der Waals surface area contributed by atoms with Crippen molar-refractivity contribution in [1.29, 1.82) is 0 Å². The number of guanidine groups is 1. The third-order valence-electron chi connectivity index (χ3n) is 3.24. The Bertz CT molecular complexity index is 878. The van der Waals surface area contributed by atoms with Crippen molar-refractivity contribution in [2.24, 2.45) is 16.5 Å². The summed E-state index contributed by atoms with van der Waals surface area (Å²) in [7, 11) is 0. The topological polar surface area (TPSA) is 120 Å². The number of benzene rings is 2. The van der Waals surface area contributed by atoms with Crippen LogP contribution in [0.5, 0.6) is 17.2 Å². The van der Waals surface area contributed by atoms with Crippen LogP contribution >= 0.6 is 90.4 Å². The summed E-state index contributed by atoms with van der Waals surface area (Å²) in [6, 6.07) is 7.42. The van der Waals surface area contributed by atoms with Gasteiger partial charge in [0.25, 0.3) is 0 Å². The van der Waals surface area contributed by atoms with E-state index in [9.17, 15) is 4.79 Å². The fourth-order valence-electron chi connectivity index (χ4n) is 2.16. The van der Waals surface area contributed by atoms with Crippen molar-refractivity contribution in [3.05, 3.63) is 44.1 Å². The van der Waals surface area contributed by atoms with Crippen molar-refractivity contribution in [3.8, 4) is 17.2 Å². The third kappa shape index (κ3) is 8.75. The van der Waals surface area contributed by atoms with Gasteiger partial charge in [0.05, 0.1) is 27.2 Å². The summed E-state index contributed by atoms with van der Waals surface area (Å²) < 4.78 is 15.4. The molecule has 0 saturated heterocycles. The number of hydrogen-bond acceptors (Lipinski definition) is 4. The molecule has 0 atom stereocenters. The summed E-state index contributed by atoms with van der Waals surface area (Å²) >= 11 is 8.69. The SMILES string of the molecule is NC(N)=NCCOc1c(I)cc(Oc2c(I)cc(CC(=O)O)cc2I)cc1I.[LiH]. The van der Waals surface area contributed by atoms with Gasteiger partial charge in [-0.15, -0.1) is 0 Å². The van der Waals surface area contributed by atoms with Crippen molar-refractivity contribution in [3.63, 3.8) is 0 Å². The summed E-state index contributed by atoms with van der Waals surface area (Å²) in [6.07, 6.45) is -0.0199. The molecule has 2 aromatic rings. The van der Waals surface area contributed by atoms with Crippen LogP contribution in [-0.4, -0.2) is 49.0 Å². The molecule has 2 aromatic carbocycles. The summed E-state index contributed by atoms with van der Waals surface area (Å²) in [4.78, 5) is 14.8. The van der Waals surface area contributed by atoms with Gasteiger partial charge in [0.15, 0.2) is 11.7 Å². The molecule has 12 heteroatoms. The van der Waals surface area contributed by atoms with Crippen LogP contribution < -0.4 is 20.9 Å². The average Bonchev–Trinajstić information content (AvgIpc) is 2.56. The second-order valence-corrected chi connectivity index (χ2v) is 10.1. The van der Waals surface area contributed by atoms with Crippen molar-refractivity contribution < 1.29 is 19.4 Å². The summed E-state index contributed by atoms with van der Waals surface area (Å²) in [5.74, 6) is 1.30. The minimum absolute atomic E-state index is 0. The number of hydrogen-bond donors (Lipinski definition) is 3. The molecule has 0 heterocycles. The zero-order valence-corrected chi connectivity index (χ0v) is 22.8. The fourth-order valence-corrected chi connectivity index (χ4v) is 6.30. The molecular formula is C17H16I4LiN3O4. The van der Waals surface area contributed by atoms with Crippen molar-refractivity contribution in [2.75, 3.05) is 13.2 Å². The van der Waals surface area contributed by atoms with Crippen LogP contribution in [-0.2, 0) is 11.2 Å². The molecule has 29 heavy (non-hydrogen) atoms. The average molecular weight is 841 g/mol. The zero-order valence-electron chi connectivity index (χ0n) is 14.2. The molecule has 0 fully saturated rings. The number of carboxylic acid groups (broad SMARTS) is 1. The predicted molar refractivity (Wildman–Crippen MR) is 148 cm³/mol. The van der Waals surface area contributed by atoms with E-state index in [0.29, 0.717) is 24.7 Å². The Labute approximate surface area is 234 Å². The normalized spacial score (nSPS) is 10.1. The second kappa shape index (κ2) is 13.0. The van der Waals surface area contributed by atoms with E-state index >= 15 is 0 Å². The number of aliphatic imine (C=N–C) groups is 1. The first kappa shape index (κ1) is 27.3. The van der Waals surface area contributed by atoms with Gasteiger partial charge in [-0.25, -0.2) is 0 Å². The van der Waals surface area contributed by atoms with Crippen molar-refractivity contribution >= 4 is 121 Å². The number of halogens is 4. The van der Waals surface area contributed by atoms with Crippen LogP contribution in [0.15, 0.2) is 29.3 Å². The van der Waals surface area contributed by atoms with Gasteiger partial charge < -0.3 is 26.0 Å². The van der Waals surface area contributed by atoms with Crippen LogP contribution in [0.1, 0.15) is 5.56 Å². The van der Waals surface area contributed by atoms with E-state index in [2.05, 4.69) is 95.4 Å². The summed E-state index contributed by atoms with van der Waals surface area (Å²) in [6.45, 7) is 0.747. The summed E-state index contributed by atoms with van der Waals surface area (Å²) in [5, 5.41) is 8.98. The molecule has 0 aliphatic rings. The number of ether oxygens (including phenoxy) is 2. The van der Waals surface area contributed by atoms with Gasteiger partial charge in [0.2, 0.25) is 0 Å². The van der Waals surface area contributed by atoms with Crippen LogP contribution in [0.4, 0.5) is 0 Å². The fraction of sp³-hybridized carbons (Fsp3) is 0.176. The number of nitrogens with two attached hydrogens (primary N) is 2. The Morgan fingerprint density at radius 1 is 0.966 bits per heavy atom. The molecule has 0 spiro atoms. The molecule has 0 radical (unpaired) electrons. The van der Waals surface area contributed by atoms with Gasteiger partial charge >= 0.3 is 24.8 Å². The predicted octanol–water partition coefficient (Wildman–Crippen LogP) is 3.53. The minimum atomic E-state index is -0.861. The molecule has 0 saturated carbocycles. The first-order chi connectivity index (χ1) is 13.2. The molecule has 0 aromatic heterocycles. The monoisotopic (exact) mass is 841 g/mol. The molecular weight excluding hydrogens is 825 g/mol. The van der Waals surface area contributed by atoms with Gasteiger partial charge in [-0.2, -0.15) is 0 Å². The van der Waals surface area contributed by atoms with E-state index in [1.165, 1.54) is 0 Å². The van der Waals surface area contributed by atoms with Crippen LogP contribution in [0, 0.1) is 14.3 Å². The molecule has 0 unspecified atom stereocenters. The van der Waals surface area contributed by atoms with Crippen LogP contribution in [0.2, 0.25) is 0 Å². The van der Waals surface area contributed by atoms with Crippen molar-refractivity contribution in [2.45, 2.75) is 6.42 Å². The number of carboxylic acids is 1. The van der Waals surface area contributed by atoms with Gasteiger partial charge in [-0.3, -0.25) is 9.79 Å². The molecule has 0 aliphatic carbocycles. The molecule has 2 rings (SSSR count). The summed E-state index contributed by atoms with van der Waals surface area (Å²) in [5.41, 5.74) is 11.3. The molecule has 152 valence electrons. The quantitative estimate of drug-likeness (QED) is 0.123. The maximum atomic E-state index is 10.9. The first-order valence-corrected chi connectivity index (χ1v) is 12.0. The Kier molecular flexibility index (Phi) is 12.2. The standard InChI is InChI=1S/C17H15I4N3O4.Li.H/c18-10-3-8(5-14(25)26)4-11(19)16(10)28-9-6-12(20)15(13(21)7-9)27-2-1-24-17(22)23;;/h3-4,6-7H,1-2,5H2,(H,25,26)(H4,22,23,24);;. The van der Waals surface area contributed by atoms with E-state index in [1.807, 2.05) is 24.3 Å². The number of carbonyl (C=O) groups is 1. The van der Waals surface area contributed by atoms with E-state index in [1.54, 1.807) is 0 Å². The Morgan fingerprint density at radius 2 is 1.48 bits per heavy atom. The van der Waals surface area contributed by atoms with Gasteiger partial charge in [0, 0.05) is 0 Å². The maximum absolute atomic E-state index is 10.9. The molecule has 7 nitrogen and oxygen atoms in total. The number of rotatable bonds is 8. The number of nitrogens with zero attached hydrogens (tertiary/aromatic N) is 1. The Morgan fingerprint density at radius 3 is 1.97 bits per heavy atom. The molecule has 0 bridgehead atoms. The Hall–Kier alpha value is 0.297. The van der Waals surface area contributed by atoms with E-state index in [0.717, 1.165) is 25.6 Å². The van der Waals surface area contributed by atoms with Crippen LogP contribution in [0.3, 0.4) is 0 Å². The molecule has 0 aliphatic heterocycles. The van der Waals surface area contributed by atoms with Crippen molar-refractivity contribution in [1.82, 2.24) is 0 Å². The number of aliphatic carboxylic acids is 1. The van der Waals surface area contributed by atoms with E-state index < -0.39 is 5.97 Å². The Balaban J connectivity index is 0.00000420. The second-order valence-electron chi connectivity index (χ2n) is 5.43.